The summed E-state index contributed by atoms with van der Waals surface area (Å²) in [4.78, 5) is 19.2. The van der Waals surface area contributed by atoms with Crippen molar-refractivity contribution in [3.63, 3.8) is 0 Å². The summed E-state index contributed by atoms with van der Waals surface area (Å²) in [6.45, 7) is 2.05. The molecule has 0 saturated carbocycles. The van der Waals surface area contributed by atoms with Gasteiger partial charge in [-0.05, 0) is 23.9 Å². The van der Waals surface area contributed by atoms with Gasteiger partial charge in [0.2, 0.25) is 0 Å². The number of hydrogen-bond acceptors (Lipinski definition) is 4. The minimum Gasteiger partial charge on any atom is -0.260 e. The summed E-state index contributed by atoms with van der Waals surface area (Å²) in [6.07, 6.45) is 1.93. The fourth-order valence-corrected chi connectivity index (χ4v) is 4.38. The lowest BCUT2D eigenvalue weighted by atomic mass is 9.96. The first-order valence-electron chi connectivity index (χ1n) is 11.6. The molecule has 0 fully saturated rings. The Balaban J connectivity index is 1.54. The molecule has 2 aromatic heterocycles. The van der Waals surface area contributed by atoms with Gasteiger partial charge in [0.15, 0.2) is 17.5 Å². The van der Waals surface area contributed by atoms with Gasteiger partial charge in [-0.2, -0.15) is 0 Å². The van der Waals surface area contributed by atoms with E-state index in [0.29, 0.717) is 17.5 Å². The lowest BCUT2D eigenvalue weighted by molar-refractivity contribution is 1.07. The number of rotatable bonds is 4. The number of benzene rings is 4. The number of pyridine rings is 1. The summed E-state index contributed by atoms with van der Waals surface area (Å²) < 4.78 is 0. The van der Waals surface area contributed by atoms with Crippen molar-refractivity contribution in [2.45, 2.75) is 6.92 Å². The molecule has 0 bridgehead atoms. The smallest absolute Gasteiger partial charge is 0.164 e. The van der Waals surface area contributed by atoms with E-state index in [9.17, 15) is 0 Å². The molecule has 0 saturated heterocycles. The van der Waals surface area contributed by atoms with Gasteiger partial charge < -0.3 is 0 Å². The van der Waals surface area contributed by atoms with Crippen LogP contribution in [0.1, 0.15) is 5.69 Å². The Bertz CT molecular complexity index is 1590. The van der Waals surface area contributed by atoms with Crippen molar-refractivity contribution in [3.05, 3.63) is 121 Å². The number of fused-ring (bicyclic) bond motifs is 1. The zero-order valence-corrected chi connectivity index (χ0v) is 19.3. The molecule has 0 atom stereocenters. The van der Waals surface area contributed by atoms with Crippen molar-refractivity contribution in [1.82, 2.24) is 19.9 Å². The summed E-state index contributed by atoms with van der Waals surface area (Å²) in [7, 11) is 0. The van der Waals surface area contributed by atoms with Crippen LogP contribution in [0.3, 0.4) is 0 Å². The highest BCUT2D eigenvalue weighted by Crippen LogP contribution is 2.33. The largest absolute Gasteiger partial charge is 0.260 e. The van der Waals surface area contributed by atoms with Crippen LogP contribution in [0.25, 0.3) is 56.1 Å². The second-order valence-electron chi connectivity index (χ2n) is 8.42. The highest BCUT2D eigenvalue weighted by Gasteiger charge is 2.14. The number of aromatic nitrogens is 4. The second-order valence-corrected chi connectivity index (χ2v) is 8.42. The van der Waals surface area contributed by atoms with Crippen molar-refractivity contribution < 1.29 is 0 Å². The normalized spacial score (nSPS) is 11.0. The van der Waals surface area contributed by atoms with Crippen molar-refractivity contribution in [1.29, 1.82) is 0 Å². The molecule has 0 aliphatic heterocycles. The Morgan fingerprint density at radius 1 is 0.486 bits per heavy atom. The molecular formula is C31H22N4. The van der Waals surface area contributed by atoms with Gasteiger partial charge in [-0.3, -0.25) is 4.98 Å². The molecule has 6 aromatic rings. The van der Waals surface area contributed by atoms with Crippen LogP contribution in [0.5, 0.6) is 0 Å². The first-order valence-corrected chi connectivity index (χ1v) is 11.6. The number of nitrogens with zero attached hydrogens (tertiary/aromatic N) is 4. The van der Waals surface area contributed by atoms with Gasteiger partial charge in [0.25, 0.3) is 0 Å². The Labute approximate surface area is 204 Å². The van der Waals surface area contributed by atoms with Gasteiger partial charge in [-0.15, -0.1) is 0 Å². The molecule has 0 radical (unpaired) electrons. The molecule has 0 aliphatic carbocycles. The number of hydrogen-bond donors (Lipinski definition) is 0. The molecule has 0 amide bonds. The third-order valence-electron chi connectivity index (χ3n) is 6.10. The van der Waals surface area contributed by atoms with E-state index < -0.39 is 0 Å². The molecule has 4 aromatic carbocycles. The molecule has 2 heterocycles. The van der Waals surface area contributed by atoms with Gasteiger partial charge in [0.05, 0.1) is 0 Å². The van der Waals surface area contributed by atoms with Crippen LogP contribution in [0.4, 0.5) is 0 Å². The number of aryl methyl sites for hydroxylation is 1. The highest BCUT2D eigenvalue weighted by atomic mass is 15.0. The van der Waals surface area contributed by atoms with E-state index in [4.69, 9.17) is 15.0 Å². The summed E-state index contributed by atoms with van der Waals surface area (Å²) in [6, 6.07) is 36.8. The standard InChI is InChI=1S/C31H22N4/c1-21-28(27-18-9-8-15-26(27)20-32-21)24-16-10-17-25(19-24)31-34-29(22-11-4-2-5-12-22)33-30(35-31)23-13-6-3-7-14-23/h2-20H,1H3. The average molecular weight is 451 g/mol. The van der Waals surface area contributed by atoms with Crippen LogP contribution in [-0.4, -0.2) is 19.9 Å². The predicted molar refractivity (Wildman–Crippen MR) is 142 cm³/mol. The fraction of sp³-hybridized carbons (Fsp3) is 0.0323. The van der Waals surface area contributed by atoms with E-state index in [1.165, 1.54) is 5.39 Å². The Morgan fingerprint density at radius 3 is 1.66 bits per heavy atom. The summed E-state index contributed by atoms with van der Waals surface area (Å²) in [5, 5.41) is 2.30. The van der Waals surface area contributed by atoms with E-state index in [1.54, 1.807) is 0 Å². The Kier molecular flexibility index (Phi) is 5.32. The average Bonchev–Trinajstić information content (AvgIpc) is 2.94. The molecule has 0 N–H and O–H groups in total. The maximum Gasteiger partial charge on any atom is 0.164 e. The zero-order chi connectivity index (χ0) is 23.6. The molecule has 0 unspecified atom stereocenters. The van der Waals surface area contributed by atoms with Gasteiger partial charge in [0.1, 0.15) is 0 Å². The van der Waals surface area contributed by atoms with Crippen LogP contribution >= 0.6 is 0 Å². The fourth-order valence-electron chi connectivity index (χ4n) is 4.38. The minimum absolute atomic E-state index is 0.644. The molecular weight excluding hydrogens is 428 g/mol. The van der Waals surface area contributed by atoms with E-state index in [1.807, 2.05) is 72.9 Å². The van der Waals surface area contributed by atoms with Gasteiger partial charge in [0, 0.05) is 39.5 Å². The van der Waals surface area contributed by atoms with Crippen molar-refractivity contribution in [2.24, 2.45) is 0 Å². The van der Waals surface area contributed by atoms with E-state index in [2.05, 4.69) is 54.4 Å². The first kappa shape index (κ1) is 20.9. The van der Waals surface area contributed by atoms with Crippen molar-refractivity contribution in [3.8, 4) is 45.3 Å². The molecule has 4 heteroatoms. The molecule has 166 valence electrons. The lowest BCUT2D eigenvalue weighted by Crippen LogP contribution is -2.00. The third kappa shape index (κ3) is 4.06. The van der Waals surface area contributed by atoms with Gasteiger partial charge in [-0.1, -0.05) is 103 Å². The summed E-state index contributed by atoms with van der Waals surface area (Å²) in [5.74, 6) is 1.95. The van der Waals surface area contributed by atoms with Crippen LogP contribution in [0.2, 0.25) is 0 Å². The van der Waals surface area contributed by atoms with E-state index >= 15 is 0 Å². The SMILES string of the molecule is Cc1ncc2ccccc2c1-c1cccc(-c2nc(-c3ccccc3)nc(-c3ccccc3)n2)c1. The van der Waals surface area contributed by atoms with Gasteiger partial charge >= 0.3 is 0 Å². The molecule has 35 heavy (non-hydrogen) atoms. The van der Waals surface area contributed by atoms with Crippen LogP contribution in [0, 0.1) is 6.92 Å². The molecule has 4 nitrogen and oxygen atoms in total. The third-order valence-corrected chi connectivity index (χ3v) is 6.10. The van der Waals surface area contributed by atoms with Crippen molar-refractivity contribution >= 4 is 10.8 Å². The second kappa shape index (κ2) is 8.92. The predicted octanol–water partition coefficient (Wildman–Crippen LogP) is 7.40. The quantitative estimate of drug-likeness (QED) is 0.281. The maximum absolute atomic E-state index is 4.88. The minimum atomic E-state index is 0.644. The molecule has 6 rings (SSSR count). The zero-order valence-electron chi connectivity index (χ0n) is 19.3. The van der Waals surface area contributed by atoms with Crippen LogP contribution in [-0.2, 0) is 0 Å². The molecule has 0 aliphatic rings. The highest BCUT2D eigenvalue weighted by molar-refractivity contribution is 5.97. The summed E-state index contributed by atoms with van der Waals surface area (Å²) in [5.41, 5.74) is 6.06. The monoisotopic (exact) mass is 450 g/mol. The Morgan fingerprint density at radius 2 is 1.00 bits per heavy atom. The van der Waals surface area contributed by atoms with Gasteiger partial charge in [-0.25, -0.2) is 15.0 Å². The van der Waals surface area contributed by atoms with E-state index in [0.717, 1.165) is 38.9 Å². The van der Waals surface area contributed by atoms with Crippen molar-refractivity contribution in [2.75, 3.05) is 0 Å². The molecule has 0 spiro atoms. The van der Waals surface area contributed by atoms with Crippen LogP contribution in [0.15, 0.2) is 115 Å². The van der Waals surface area contributed by atoms with Crippen LogP contribution < -0.4 is 0 Å². The maximum atomic E-state index is 4.88. The first-order chi connectivity index (χ1) is 17.3. The lowest BCUT2D eigenvalue weighted by Gasteiger charge is -2.12. The van der Waals surface area contributed by atoms with E-state index in [-0.39, 0.29) is 0 Å². The summed E-state index contributed by atoms with van der Waals surface area (Å²) >= 11 is 0. The Hall–Kier alpha value is -4.70. The topological polar surface area (TPSA) is 51.6 Å².